The first-order valence-corrected chi connectivity index (χ1v) is 9.30. The number of phenols is 1. The standard InChI is InChI=1S/C18H11Cl2FN2O4S/c19-12-4-9(5-13(20)16(12)25)6-14-17(26)23(18(27)28-14)8-15(24)22-11-3-1-2-10(21)7-11/h1-7,25H,8H2,(H,22,24)/b14-6+. The smallest absolute Gasteiger partial charge is 0.294 e. The maximum absolute atomic E-state index is 13.2. The Kier molecular flexibility index (Phi) is 5.93. The molecule has 3 rings (SSSR count). The second-order valence-corrected chi connectivity index (χ2v) is 7.47. The van der Waals surface area contributed by atoms with Crippen LogP contribution in [0.2, 0.25) is 10.0 Å². The lowest BCUT2D eigenvalue weighted by molar-refractivity contribution is -0.127. The molecule has 0 atom stereocenters. The summed E-state index contributed by atoms with van der Waals surface area (Å²) in [5.74, 6) is -2.13. The Labute approximate surface area is 172 Å². The zero-order valence-corrected chi connectivity index (χ0v) is 16.2. The molecule has 0 spiro atoms. The molecule has 1 aliphatic rings. The number of halogens is 3. The SMILES string of the molecule is O=C(CN1C(=O)S/C(=C/c2cc(Cl)c(O)c(Cl)c2)C1=O)Nc1cccc(F)c1. The Hall–Kier alpha value is -2.55. The molecule has 10 heteroatoms. The molecule has 2 aromatic carbocycles. The van der Waals surface area contributed by atoms with Crippen molar-refractivity contribution in [1.82, 2.24) is 4.90 Å². The number of aromatic hydroxyl groups is 1. The van der Waals surface area contributed by atoms with Crippen LogP contribution in [0.25, 0.3) is 6.08 Å². The summed E-state index contributed by atoms with van der Waals surface area (Å²) in [5.41, 5.74) is 0.614. The third-order valence-electron chi connectivity index (χ3n) is 3.62. The van der Waals surface area contributed by atoms with Crippen molar-refractivity contribution < 1.29 is 23.9 Å². The van der Waals surface area contributed by atoms with Crippen LogP contribution in [-0.2, 0) is 9.59 Å². The van der Waals surface area contributed by atoms with Gasteiger partial charge in [-0.1, -0.05) is 29.3 Å². The van der Waals surface area contributed by atoms with Crippen molar-refractivity contribution in [3.8, 4) is 5.75 Å². The number of anilines is 1. The van der Waals surface area contributed by atoms with Gasteiger partial charge in [-0.25, -0.2) is 4.39 Å². The fraction of sp³-hybridized carbons (Fsp3) is 0.0556. The van der Waals surface area contributed by atoms with E-state index in [0.717, 1.165) is 11.0 Å². The van der Waals surface area contributed by atoms with Gasteiger partial charge in [0.25, 0.3) is 11.1 Å². The Bertz CT molecular complexity index is 1010. The molecule has 1 saturated heterocycles. The van der Waals surface area contributed by atoms with Crippen LogP contribution in [0.15, 0.2) is 41.3 Å². The van der Waals surface area contributed by atoms with E-state index in [9.17, 15) is 23.9 Å². The highest BCUT2D eigenvalue weighted by molar-refractivity contribution is 8.18. The number of rotatable bonds is 4. The Morgan fingerprint density at radius 1 is 1.21 bits per heavy atom. The second kappa shape index (κ2) is 8.22. The number of benzene rings is 2. The van der Waals surface area contributed by atoms with Crippen LogP contribution in [0, 0.1) is 5.82 Å². The molecule has 28 heavy (non-hydrogen) atoms. The molecule has 144 valence electrons. The topological polar surface area (TPSA) is 86.7 Å². The van der Waals surface area contributed by atoms with Crippen LogP contribution >= 0.6 is 35.0 Å². The number of carbonyl (C=O) groups excluding carboxylic acids is 3. The van der Waals surface area contributed by atoms with Crippen LogP contribution in [0.5, 0.6) is 5.75 Å². The predicted octanol–water partition coefficient (Wildman–Crippen LogP) is 4.51. The Balaban J connectivity index is 1.73. The molecule has 0 unspecified atom stereocenters. The monoisotopic (exact) mass is 440 g/mol. The summed E-state index contributed by atoms with van der Waals surface area (Å²) in [6, 6.07) is 8.00. The number of thioether (sulfide) groups is 1. The van der Waals surface area contributed by atoms with Crippen LogP contribution < -0.4 is 5.32 Å². The minimum atomic E-state index is -0.662. The molecule has 2 aromatic rings. The lowest BCUT2D eigenvalue weighted by Gasteiger charge is -2.12. The second-order valence-electron chi connectivity index (χ2n) is 5.66. The molecule has 1 aliphatic heterocycles. The molecule has 6 nitrogen and oxygen atoms in total. The summed E-state index contributed by atoms with van der Waals surface area (Å²) < 4.78 is 13.2. The average Bonchev–Trinajstić information content (AvgIpc) is 2.87. The first-order valence-electron chi connectivity index (χ1n) is 7.73. The molecule has 0 bridgehead atoms. The minimum absolute atomic E-state index is 0.00699. The summed E-state index contributed by atoms with van der Waals surface area (Å²) in [7, 11) is 0. The number of phenolic OH excluding ortho intramolecular Hbond substituents is 1. The highest BCUT2D eigenvalue weighted by atomic mass is 35.5. The van der Waals surface area contributed by atoms with Crippen molar-refractivity contribution in [3.05, 3.63) is 62.7 Å². The van der Waals surface area contributed by atoms with Crippen molar-refractivity contribution in [3.63, 3.8) is 0 Å². The molecular formula is C18H11Cl2FN2O4S. The van der Waals surface area contributed by atoms with Gasteiger partial charge in [0.15, 0.2) is 5.75 Å². The van der Waals surface area contributed by atoms with Crippen molar-refractivity contribution in [2.24, 2.45) is 0 Å². The van der Waals surface area contributed by atoms with Gasteiger partial charge in [0.1, 0.15) is 12.4 Å². The van der Waals surface area contributed by atoms with Gasteiger partial charge in [-0.15, -0.1) is 0 Å². The molecule has 1 heterocycles. The maximum Gasteiger partial charge on any atom is 0.294 e. The fourth-order valence-corrected chi connectivity index (χ4v) is 3.71. The van der Waals surface area contributed by atoms with Crippen molar-refractivity contribution in [2.75, 3.05) is 11.9 Å². The van der Waals surface area contributed by atoms with Gasteiger partial charge in [-0.05, 0) is 53.7 Å². The number of nitrogens with zero attached hydrogens (tertiary/aromatic N) is 1. The normalized spacial score (nSPS) is 15.4. The van der Waals surface area contributed by atoms with E-state index in [1.807, 2.05) is 0 Å². The first kappa shape index (κ1) is 20.2. The van der Waals surface area contributed by atoms with E-state index in [4.69, 9.17) is 23.2 Å². The van der Waals surface area contributed by atoms with E-state index in [-0.39, 0.29) is 26.4 Å². The number of hydrogen-bond donors (Lipinski definition) is 2. The van der Waals surface area contributed by atoms with Crippen molar-refractivity contribution in [2.45, 2.75) is 0 Å². The Morgan fingerprint density at radius 3 is 2.54 bits per heavy atom. The average molecular weight is 441 g/mol. The lowest BCUT2D eigenvalue weighted by atomic mass is 10.2. The third-order valence-corrected chi connectivity index (χ3v) is 5.10. The molecule has 1 fully saturated rings. The summed E-state index contributed by atoms with van der Waals surface area (Å²) in [6.07, 6.45) is 1.38. The zero-order chi connectivity index (χ0) is 20.4. The van der Waals surface area contributed by atoms with Gasteiger partial charge < -0.3 is 10.4 Å². The third kappa shape index (κ3) is 4.46. The van der Waals surface area contributed by atoms with Gasteiger partial charge in [-0.2, -0.15) is 0 Å². The molecule has 0 aliphatic carbocycles. The molecule has 2 N–H and O–H groups in total. The molecule has 0 radical (unpaired) electrons. The fourth-order valence-electron chi connectivity index (χ4n) is 2.37. The van der Waals surface area contributed by atoms with Gasteiger partial charge >= 0.3 is 0 Å². The largest absolute Gasteiger partial charge is 0.505 e. The summed E-state index contributed by atoms with van der Waals surface area (Å²) in [4.78, 5) is 37.5. The van der Waals surface area contributed by atoms with Gasteiger partial charge in [0.05, 0.1) is 15.0 Å². The van der Waals surface area contributed by atoms with Gasteiger partial charge in [0, 0.05) is 5.69 Å². The van der Waals surface area contributed by atoms with Crippen LogP contribution in [0.3, 0.4) is 0 Å². The quantitative estimate of drug-likeness (QED) is 0.682. The summed E-state index contributed by atoms with van der Waals surface area (Å²) in [6.45, 7) is -0.518. The maximum atomic E-state index is 13.2. The van der Waals surface area contributed by atoms with Crippen LogP contribution in [0.4, 0.5) is 14.9 Å². The first-order chi connectivity index (χ1) is 13.2. The van der Waals surface area contributed by atoms with E-state index in [2.05, 4.69) is 5.32 Å². The van der Waals surface area contributed by atoms with E-state index >= 15 is 0 Å². The van der Waals surface area contributed by atoms with Gasteiger partial charge in [0.2, 0.25) is 5.91 Å². The lowest BCUT2D eigenvalue weighted by Crippen LogP contribution is -2.36. The van der Waals surface area contributed by atoms with E-state index in [0.29, 0.717) is 17.3 Å². The molecular weight excluding hydrogens is 430 g/mol. The highest BCUT2D eigenvalue weighted by Gasteiger charge is 2.36. The van der Waals surface area contributed by atoms with Gasteiger partial charge in [-0.3, -0.25) is 19.3 Å². The predicted molar refractivity (Wildman–Crippen MR) is 106 cm³/mol. The minimum Gasteiger partial charge on any atom is -0.505 e. The number of nitrogens with one attached hydrogen (secondary N) is 1. The van der Waals surface area contributed by atoms with E-state index in [1.54, 1.807) is 0 Å². The number of imide groups is 1. The summed E-state index contributed by atoms with van der Waals surface area (Å²) >= 11 is 12.3. The number of amides is 3. The number of carbonyl (C=O) groups is 3. The highest BCUT2D eigenvalue weighted by Crippen LogP contribution is 2.36. The molecule has 3 amide bonds. The molecule has 0 saturated carbocycles. The van der Waals surface area contributed by atoms with Crippen molar-refractivity contribution >= 4 is 63.8 Å². The van der Waals surface area contributed by atoms with Crippen LogP contribution in [0.1, 0.15) is 5.56 Å². The Morgan fingerprint density at radius 2 is 1.89 bits per heavy atom. The molecule has 0 aromatic heterocycles. The van der Waals surface area contributed by atoms with Crippen LogP contribution in [-0.4, -0.2) is 33.6 Å². The van der Waals surface area contributed by atoms with Crippen molar-refractivity contribution in [1.29, 1.82) is 0 Å². The number of hydrogen-bond acceptors (Lipinski definition) is 5. The summed E-state index contributed by atoms with van der Waals surface area (Å²) in [5, 5.41) is 11.4. The van der Waals surface area contributed by atoms with E-state index < -0.39 is 29.4 Å². The van der Waals surface area contributed by atoms with E-state index in [1.165, 1.54) is 36.4 Å². The zero-order valence-electron chi connectivity index (χ0n) is 13.9.